The summed E-state index contributed by atoms with van der Waals surface area (Å²) in [5.74, 6) is 0.851. The summed E-state index contributed by atoms with van der Waals surface area (Å²) < 4.78 is 24.1. The molecule has 0 N–H and O–H groups in total. The summed E-state index contributed by atoms with van der Waals surface area (Å²) >= 11 is 3.41. The van der Waals surface area contributed by atoms with Gasteiger partial charge in [-0.25, -0.2) is 4.39 Å². The predicted octanol–water partition coefficient (Wildman–Crippen LogP) is 4.89. The summed E-state index contributed by atoms with van der Waals surface area (Å²) in [7, 11) is 0. The van der Waals surface area contributed by atoms with Crippen molar-refractivity contribution in [3.05, 3.63) is 28.2 Å². The zero-order chi connectivity index (χ0) is 16.8. The molecule has 0 saturated carbocycles. The zero-order valence-electron chi connectivity index (χ0n) is 13.5. The second kappa shape index (κ2) is 8.50. The van der Waals surface area contributed by atoms with E-state index in [-0.39, 0.29) is 18.6 Å². The SMILES string of the molecule is CC(C)C(OCc1ccc(OCCF)c(Br)c1)C(C)(C)C#N. The van der Waals surface area contributed by atoms with E-state index in [0.29, 0.717) is 12.4 Å². The summed E-state index contributed by atoms with van der Waals surface area (Å²) in [6, 6.07) is 7.88. The number of benzene rings is 1. The molecule has 122 valence electrons. The summed E-state index contributed by atoms with van der Waals surface area (Å²) in [4.78, 5) is 0. The van der Waals surface area contributed by atoms with Crippen LogP contribution in [0.3, 0.4) is 0 Å². The van der Waals surface area contributed by atoms with Gasteiger partial charge in [-0.1, -0.05) is 19.9 Å². The normalized spacial score (nSPS) is 13.0. The third-order valence-corrected chi connectivity index (χ3v) is 3.99. The van der Waals surface area contributed by atoms with Gasteiger partial charge in [0.15, 0.2) is 0 Å². The van der Waals surface area contributed by atoms with E-state index in [1.807, 2.05) is 39.8 Å². The van der Waals surface area contributed by atoms with E-state index in [2.05, 4.69) is 22.0 Å². The number of halogens is 2. The highest BCUT2D eigenvalue weighted by Crippen LogP contribution is 2.30. The average molecular weight is 372 g/mol. The van der Waals surface area contributed by atoms with Gasteiger partial charge in [0.2, 0.25) is 0 Å². The van der Waals surface area contributed by atoms with Crippen LogP contribution >= 0.6 is 15.9 Å². The van der Waals surface area contributed by atoms with Gasteiger partial charge in [-0.15, -0.1) is 0 Å². The van der Waals surface area contributed by atoms with E-state index < -0.39 is 12.1 Å². The third-order valence-electron chi connectivity index (χ3n) is 3.37. The van der Waals surface area contributed by atoms with Crippen LogP contribution in [0.5, 0.6) is 5.75 Å². The van der Waals surface area contributed by atoms with E-state index in [0.717, 1.165) is 10.0 Å². The van der Waals surface area contributed by atoms with Crippen molar-refractivity contribution in [3.63, 3.8) is 0 Å². The molecule has 0 radical (unpaired) electrons. The molecule has 1 aromatic carbocycles. The van der Waals surface area contributed by atoms with E-state index in [4.69, 9.17) is 9.47 Å². The van der Waals surface area contributed by atoms with E-state index in [9.17, 15) is 9.65 Å². The highest BCUT2D eigenvalue weighted by atomic mass is 79.9. The summed E-state index contributed by atoms with van der Waals surface area (Å²) in [5, 5.41) is 9.29. The molecule has 0 amide bonds. The van der Waals surface area contributed by atoms with Gasteiger partial charge < -0.3 is 9.47 Å². The first-order valence-electron chi connectivity index (χ1n) is 7.32. The van der Waals surface area contributed by atoms with Crippen molar-refractivity contribution in [2.24, 2.45) is 11.3 Å². The molecular weight excluding hydrogens is 349 g/mol. The lowest BCUT2D eigenvalue weighted by Gasteiger charge is -2.31. The summed E-state index contributed by atoms with van der Waals surface area (Å²) in [6.45, 7) is 7.82. The fraction of sp³-hybridized carbons (Fsp3) is 0.588. The smallest absolute Gasteiger partial charge is 0.133 e. The van der Waals surface area contributed by atoms with E-state index in [1.54, 1.807) is 6.07 Å². The Morgan fingerprint density at radius 1 is 1.36 bits per heavy atom. The van der Waals surface area contributed by atoms with Crippen LogP contribution in [0.1, 0.15) is 33.3 Å². The van der Waals surface area contributed by atoms with E-state index >= 15 is 0 Å². The molecule has 0 heterocycles. The van der Waals surface area contributed by atoms with Gasteiger partial charge in [0.1, 0.15) is 19.0 Å². The summed E-state index contributed by atoms with van der Waals surface area (Å²) in [6.07, 6.45) is -0.154. The number of nitriles is 1. The lowest BCUT2D eigenvalue weighted by atomic mass is 9.82. The van der Waals surface area contributed by atoms with Gasteiger partial charge in [0.05, 0.1) is 28.7 Å². The van der Waals surface area contributed by atoms with Crippen molar-refractivity contribution in [1.82, 2.24) is 0 Å². The van der Waals surface area contributed by atoms with Crippen LogP contribution < -0.4 is 4.74 Å². The maximum absolute atomic E-state index is 12.1. The number of hydrogen-bond acceptors (Lipinski definition) is 3. The molecule has 0 saturated heterocycles. The number of rotatable bonds is 8. The first kappa shape index (κ1) is 18.9. The first-order valence-corrected chi connectivity index (χ1v) is 8.11. The highest BCUT2D eigenvalue weighted by Gasteiger charge is 2.32. The second-order valence-electron chi connectivity index (χ2n) is 6.11. The lowest BCUT2D eigenvalue weighted by molar-refractivity contribution is -0.0420. The number of hydrogen-bond donors (Lipinski definition) is 0. The molecule has 0 bridgehead atoms. The molecular formula is C17H23BrFNO2. The molecule has 22 heavy (non-hydrogen) atoms. The molecule has 3 nitrogen and oxygen atoms in total. The Morgan fingerprint density at radius 3 is 2.55 bits per heavy atom. The monoisotopic (exact) mass is 371 g/mol. The van der Waals surface area contributed by atoms with Gasteiger partial charge in [-0.05, 0) is 53.4 Å². The number of ether oxygens (including phenoxy) is 2. The molecule has 1 atom stereocenters. The minimum Gasteiger partial charge on any atom is -0.490 e. The van der Waals surface area contributed by atoms with Crippen molar-refractivity contribution in [1.29, 1.82) is 5.26 Å². The van der Waals surface area contributed by atoms with Gasteiger partial charge in [-0.3, -0.25) is 0 Å². The van der Waals surface area contributed by atoms with Gasteiger partial charge in [0, 0.05) is 0 Å². The molecule has 1 unspecified atom stereocenters. The number of nitrogens with zero attached hydrogens (tertiary/aromatic N) is 1. The van der Waals surface area contributed by atoms with Crippen molar-refractivity contribution < 1.29 is 13.9 Å². The van der Waals surface area contributed by atoms with Gasteiger partial charge >= 0.3 is 0 Å². The fourth-order valence-electron chi connectivity index (χ4n) is 2.38. The van der Waals surface area contributed by atoms with Crippen molar-refractivity contribution in [3.8, 4) is 11.8 Å². The van der Waals surface area contributed by atoms with Crippen LogP contribution in [-0.2, 0) is 11.3 Å². The Bertz CT molecular complexity index is 526. The van der Waals surface area contributed by atoms with Crippen LogP contribution in [0.4, 0.5) is 4.39 Å². The topological polar surface area (TPSA) is 42.2 Å². The quantitative estimate of drug-likeness (QED) is 0.653. The first-order chi connectivity index (χ1) is 10.3. The maximum Gasteiger partial charge on any atom is 0.133 e. The lowest BCUT2D eigenvalue weighted by Crippen LogP contribution is -2.35. The van der Waals surface area contributed by atoms with Crippen LogP contribution in [-0.4, -0.2) is 19.4 Å². The van der Waals surface area contributed by atoms with Crippen molar-refractivity contribution >= 4 is 15.9 Å². The van der Waals surface area contributed by atoms with Gasteiger partial charge in [0.25, 0.3) is 0 Å². The molecule has 0 aliphatic rings. The molecule has 0 aliphatic heterocycles. The molecule has 0 spiro atoms. The average Bonchev–Trinajstić information content (AvgIpc) is 2.46. The molecule has 0 aliphatic carbocycles. The Labute approximate surface area is 140 Å². The van der Waals surface area contributed by atoms with Crippen molar-refractivity contribution in [2.75, 3.05) is 13.3 Å². The van der Waals surface area contributed by atoms with Crippen LogP contribution in [0.2, 0.25) is 0 Å². The fourth-order valence-corrected chi connectivity index (χ4v) is 2.92. The molecule has 0 fully saturated rings. The molecule has 1 aromatic rings. The Balaban J connectivity index is 2.75. The third kappa shape index (κ3) is 5.26. The van der Waals surface area contributed by atoms with Crippen LogP contribution in [0.15, 0.2) is 22.7 Å². The molecule has 1 rings (SSSR count). The largest absolute Gasteiger partial charge is 0.490 e. The van der Waals surface area contributed by atoms with Crippen LogP contribution in [0.25, 0.3) is 0 Å². The van der Waals surface area contributed by atoms with E-state index in [1.165, 1.54) is 0 Å². The maximum atomic E-state index is 12.1. The Kier molecular flexibility index (Phi) is 7.31. The molecule has 5 heteroatoms. The van der Waals surface area contributed by atoms with Gasteiger partial charge in [-0.2, -0.15) is 5.26 Å². The Morgan fingerprint density at radius 2 is 2.05 bits per heavy atom. The predicted molar refractivity (Wildman–Crippen MR) is 88.4 cm³/mol. The zero-order valence-corrected chi connectivity index (χ0v) is 15.1. The minimum atomic E-state index is -0.546. The van der Waals surface area contributed by atoms with Crippen LogP contribution in [0, 0.1) is 22.7 Å². The minimum absolute atomic E-state index is 0.0419. The summed E-state index contributed by atoms with van der Waals surface area (Å²) in [5.41, 5.74) is 0.425. The standard InChI is InChI=1S/C17H23BrFNO2/c1-12(2)16(17(3,4)11-20)22-10-13-5-6-15(14(18)9-13)21-8-7-19/h5-6,9,12,16H,7-8,10H2,1-4H3. The highest BCUT2D eigenvalue weighted by molar-refractivity contribution is 9.10. The number of alkyl halides is 1. The second-order valence-corrected chi connectivity index (χ2v) is 6.97. The molecule has 0 aromatic heterocycles. The Hall–Kier alpha value is -1.12. The van der Waals surface area contributed by atoms with Crippen molar-refractivity contribution in [2.45, 2.75) is 40.4 Å².